The van der Waals surface area contributed by atoms with Crippen molar-refractivity contribution in [1.82, 2.24) is 19.3 Å². The van der Waals surface area contributed by atoms with Crippen molar-refractivity contribution in [2.75, 3.05) is 6.61 Å². The number of nitrogens with one attached hydrogen (secondary N) is 1. The zero-order valence-corrected chi connectivity index (χ0v) is 21.6. The molecule has 7 nitrogen and oxygen atoms in total. The maximum absolute atomic E-state index is 13.8. The van der Waals surface area contributed by atoms with Gasteiger partial charge in [0.2, 0.25) is 0 Å². The third-order valence-electron chi connectivity index (χ3n) is 5.19. The van der Waals surface area contributed by atoms with Crippen LogP contribution in [-0.2, 0) is 22.4 Å². The molecule has 0 bridgehead atoms. The van der Waals surface area contributed by atoms with Gasteiger partial charge in [-0.3, -0.25) is 0 Å². The SMILES string of the molecule is CC(C)(CO)NS(=O)(=O)c1ccc(C#Cc2cc3nc(-c4ccc(C(F)(F)F)cc4)cc(C(F)(F)F)n3n2)s1. The first-order valence-corrected chi connectivity index (χ1v) is 13.2. The third-order valence-corrected chi connectivity index (χ3v) is 8.38. The van der Waals surface area contributed by atoms with E-state index in [2.05, 4.69) is 26.6 Å². The summed E-state index contributed by atoms with van der Waals surface area (Å²) in [7, 11) is -3.95. The number of aliphatic hydroxyl groups is 1. The third kappa shape index (κ3) is 6.41. The number of halogens is 6. The van der Waals surface area contributed by atoms with Crippen molar-refractivity contribution >= 4 is 27.0 Å². The number of thiophene rings is 1. The second-order valence-corrected chi connectivity index (χ2v) is 11.9. The first-order valence-electron chi connectivity index (χ1n) is 10.9. The lowest BCUT2D eigenvalue weighted by Gasteiger charge is -2.22. The van der Waals surface area contributed by atoms with Crippen LogP contribution >= 0.6 is 11.3 Å². The highest BCUT2D eigenvalue weighted by molar-refractivity contribution is 7.91. The van der Waals surface area contributed by atoms with E-state index in [4.69, 9.17) is 0 Å². The van der Waals surface area contributed by atoms with E-state index in [9.17, 15) is 39.9 Å². The molecule has 0 radical (unpaired) electrons. The van der Waals surface area contributed by atoms with Crippen LogP contribution in [0.2, 0.25) is 0 Å². The normalized spacial score (nSPS) is 12.9. The largest absolute Gasteiger partial charge is 0.433 e. The highest BCUT2D eigenvalue weighted by atomic mass is 32.2. The number of benzene rings is 1. The van der Waals surface area contributed by atoms with Crippen LogP contribution in [0.25, 0.3) is 16.9 Å². The van der Waals surface area contributed by atoms with E-state index < -0.39 is 45.8 Å². The summed E-state index contributed by atoms with van der Waals surface area (Å²) in [4.78, 5) is 4.39. The molecule has 0 aliphatic rings. The summed E-state index contributed by atoms with van der Waals surface area (Å²) in [5, 5.41) is 13.1. The Morgan fingerprint density at radius 3 is 2.23 bits per heavy atom. The molecule has 0 amide bonds. The fourth-order valence-electron chi connectivity index (χ4n) is 3.32. The van der Waals surface area contributed by atoms with Crippen LogP contribution in [0, 0.1) is 11.8 Å². The predicted molar refractivity (Wildman–Crippen MR) is 130 cm³/mol. The predicted octanol–water partition coefficient (Wildman–Crippen LogP) is 4.94. The van der Waals surface area contributed by atoms with Gasteiger partial charge in [-0.2, -0.15) is 31.4 Å². The Labute approximate surface area is 222 Å². The van der Waals surface area contributed by atoms with Crippen molar-refractivity contribution in [3.05, 3.63) is 70.4 Å². The summed E-state index contributed by atoms with van der Waals surface area (Å²) in [6.45, 7) is 2.55. The number of sulfonamides is 1. The average molecular weight is 589 g/mol. The molecule has 3 aromatic heterocycles. The monoisotopic (exact) mass is 588 g/mol. The van der Waals surface area contributed by atoms with Gasteiger partial charge < -0.3 is 5.11 Å². The van der Waals surface area contributed by atoms with E-state index in [0.717, 1.165) is 35.6 Å². The number of alkyl halides is 6. The van der Waals surface area contributed by atoms with Crippen molar-refractivity contribution in [2.45, 2.75) is 35.9 Å². The number of hydrogen-bond acceptors (Lipinski definition) is 6. The number of nitrogens with zero attached hydrogens (tertiary/aromatic N) is 3. The minimum atomic E-state index is -4.87. The molecule has 4 rings (SSSR count). The molecule has 39 heavy (non-hydrogen) atoms. The Balaban J connectivity index is 1.69. The van der Waals surface area contributed by atoms with E-state index in [1.807, 2.05) is 0 Å². The molecule has 2 N–H and O–H groups in total. The fraction of sp³-hybridized carbons (Fsp3) is 0.250. The van der Waals surface area contributed by atoms with Gasteiger partial charge in [0.15, 0.2) is 11.3 Å². The van der Waals surface area contributed by atoms with Gasteiger partial charge in [-0.25, -0.2) is 22.6 Å². The zero-order chi connectivity index (χ0) is 28.8. The van der Waals surface area contributed by atoms with Gasteiger partial charge in [0.1, 0.15) is 9.90 Å². The lowest BCUT2D eigenvalue weighted by atomic mass is 10.1. The van der Waals surface area contributed by atoms with E-state index in [1.165, 1.54) is 32.0 Å². The molecule has 0 fully saturated rings. The summed E-state index contributed by atoms with van der Waals surface area (Å²) in [6, 6.07) is 8.11. The van der Waals surface area contributed by atoms with Crippen molar-refractivity contribution < 1.29 is 39.9 Å². The van der Waals surface area contributed by atoms with E-state index >= 15 is 0 Å². The van der Waals surface area contributed by atoms with Gasteiger partial charge >= 0.3 is 12.4 Å². The number of aromatic nitrogens is 3. The Hall–Kier alpha value is -3.45. The molecule has 15 heteroatoms. The molecule has 0 unspecified atom stereocenters. The summed E-state index contributed by atoms with van der Waals surface area (Å²) in [5.74, 6) is 5.23. The maximum Gasteiger partial charge on any atom is 0.433 e. The van der Waals surface area contributed by atoms with Crippen LogP contribution < -0.4 is 4.72 Å². The first kappa shape index (κ1) is 28.6. The van der Waals surface area contributed by atoms with Crippen molar-refractivity contribution in [2.24, 2.45) is 0 Å². The molecule has 3 heterocycles. The quantitative estimate of drug-likeness (QED) is 0.254. The summed E-state index contributed by atoms with van der Waals surface area (Å²) < 4.78 is 108. The van der Waals surface area contributed by atoms with Gasteiger partial charge in [-0.15, -0.1) is 11.3 Å². The molecule has 1 aromatic carbocycles. The molecule has 4 aromatic rings. The second kappa shape index (κ2) is 9.94. The molecule has 0 atom stereocenters. The number of aliphatic hydroxyl groups excluding tert-OH is 1. The highest BCUT2D eigenvalue weighted by Gasteiger charge is 2.36. The molecule has 0 aliphatic carbocycles. The first-order chi connectivity index (χ1) is 18.0. The van der Waals surface area contributed by atoms with Gasteiger partial charge in [-0.1, -0.05) is 12.1 Å². The van der Waals surface area contributed by atoms with Crippen LogP contribution in [0.15, 0.2) is 52.7 Å². The molecular formula is C24H18F6N4O3S2. The van der Waals surface area contributed by atoms with Crippen LogP contribution in [-0.4, -0.2) is 40.3 Å². The minimum Gasteiger partial charge on any atom is -0.394 e. The number of hydrogen-bond donors (Lipinski definition) is 2. The molecule has 0 saturated heterocycles. The maximum atomic E-state index is 13.8. The van der Waals surface area contributed by atoms with Crippen LogP contribution in [0.5, 0.6) is 0 Å². The Bertz CT molecular complexity index is 1690. The summed E-state index contributed by atoms with van der Waals surface area (Å²) in [5.41, 5.74) is -3.79. The second-order valence-electron chi connectivity index (χ2n) is 8.92. The fourth-order valence-corrected chi connectivity index (χ4v) is 5.88. The lowest BCUT2D eigenvalue weighted by molar-refractivity contribution is -0.142. The molecule has 0 spiro atoms. The standard InChI is InChI=1S/C24H18F6N4O3S2/c1-22(2,13-35)33-39(36,37)21-10-9-17(38-21)8-7-16-11-20-31-18(12-19(24(28,29)30)34(20)32-16)14-3-5-15(6-4-14)23(25,26)27/h3-6,9-12,33,35H,13H2,1-2H3. The van der Waals surface area contributed by atoms with Crippen molar-refractivity contribution in [3.8, 4) is 23.1 Å². The van der Waals surface area contributed by atoms with Crippen molar-refractivity contribution in [3.63, 3.8) is 0 Å². The van der Waals surface area contributed by atoms with Crippen LogP contribution in [0.4, 0.5) is 26.3 Å². The van der Waals surface area contributed by atoms with Crippen LogP contribution in [0.3, 0.4) is 0 Å². The van der Waals surface area contributed by atoms with Crippen LogP contribution in [0.1, 0.15) is 35.7 Å². The highest BCUT2D eigenvalue weighted by Crippen LogP contribution is 2.34. The lowest BCUT2D eigenvalue weighted by Crippen LogP contribution is -2.45. The number of fused-ring (bicyclic) bond motifs is 1. The Morgan fingerprint density at radius 2 is 1.64 bits per heavy atom. The van der Waals surface area contributed by atoms with Gasteiger partial charge in [-0.05, 0) is 56.0 Å². The van der Waals surface area contributed by atoms with Gasteiger partial charge in [0.25, 0.3) is 10.0 Å². The Morgan fingerprint density at radius 1 is 0.974 bits per heavy atom. The molecule has 0 aliphatic heterocycles. The molecule has 206 valence electrons. The minimum absolute atomic E-state index is 0.0372. The summed E-state index contributed by atoms with van der Waals surface area (Å²) >= 11 is 0.811. The number of rotatable bonds is 5. The summed E-state index contributed by atoms with van der Waals surface area (Å²) in [6.07, 6.45) is -9.48. The zero-order valence-electron chi connectivity index (χ0n) is 20.0. The Kier molecular flexibility index (Phi) is 7.28. The van der Waals surface area contributed by atoms with E-state index in [-0.39, 0.29) is 31.7 Å². The van der Waals surface area contributed by atoms with E-state index in [1.54, 1.807) is 0 Å². The van der Waals surface area contributed by atoms with Gasteiger partial charge in [0, 0.05) is 11.6 Å². The van der Waals surface area contributed by atoms with Crippen molar-refractivity contribution in [1.29, 1.82) is 0 Å². The molecular weight excluding hydrogens is 570 g/mol. The van der Waals surface area contributed by atoms with E-state index in [0.29, 0.717) is 10.6 Å². The molecule has 0 saturated carbocycles. The topological polar surface area (TPSA) is 96.6 Å². The van der Waals surface area contributed by atoms with Gasteiger partial charge in [0.05, 0.1) is 28.3 Å². The average Bonchev–Trinajstić information content (AvgIpc) is 3.47. The smallest absolute Gasteiger partial charge is 0.394 e.